The summed E-state index contributed by atoms with van der Waals surface area (Å²) in [4.78, 5) is 23.2. The van der Waals surface area contributed by atoms with Crippen LogP contribution >= 0.6 is 11.8 Å². The molecule has 0 saturated heterocycles. The molecule has 0 spiro atoms. The molecule has 2 rings (SSSR count). The van der Waals surface area contributed by atoms with E-state index in [2.05, 4.69) is 5.32 Å². The van der Waals surface area contributed by atoms with Crippen LogP contribution in [-0.4, -0.2) is 16.6 Å². The number of carbonyl (C=O) groups excluding carboxylic acids is 1. The topological polar surface area (TPSA) is 98.3 Å². The fourth-order valence-corrected chi connectivity index (χ4v) is 2.60. The Kier molecular flexibility index (Phi) is 5.00. The zero-order valence-electron chi connectivity index (χ0n) is 11.9. The highest BCUT2D eigenvalue weighted by Crippen LogP contribution is 2.25. The maximum absolute atomic E-state index is 11.9. The molecule has 7 heteroatoms. The van der Waals surface area contributed by atoms with Crippen molar-refractivity contribution >= 4 is 34.7 Å². The second-order valence-corrected chi connectivity index (χ2v) is 5.65. The molecule has 0 aliphatic heterocycles. The lowest BCUT2D eigenvalue weighted by Gasteiger charge is -2.07. The Labute approximate surface area is 131 Å². The molecule has 0 aliphatic rings. The van der Waals surface area contributed by atoms with E-state index >= 15 is 0 Å². The van der Waals surface area contributed by atoms with Gasteiger partial charge in [-0.15, -0.1) is 11.8 Å². The number of nitrogens with two attached hydrogens (primary N) is 1. The average molecular weight is 317 g/mol. The number of amides is 1. The number of nitrogens with one attached hydrogen (secondary N) is 1. The lowest BCUT2D eigenvalue weighted by atomic mass is 10.2. The minimum atomic E-state index is -0.468. The van der Waals surface area contributed by atoms with Gasteiger partial charge in [-0.05, 0) is 25.1 Å². The van der Waals surface area contributed by atoms with E-state index in [1.165, 1.54) is 17.8 Å². The Morgan fingerprint density at radius 3 is 2.73 bits per heavy atom. The van der Waals surface area contributed by atoms with Crippen molar-refractivity contribution in [2.45, 2.75) is 11.8 Å². The van der Waals surface area contributed by atoms with Crippen molar-refractivity contribution in [1.29, 1.82) is 0 Å². The van der Waals surface area contributed by atoms with Gasteiger partial charge in [0, 0.05) is 27.9 Å². The van der Waals surface area contributed by atoms with Gasteiger partial charge in [-0.1, -0.05) is 18.2 Å². The summed E-state index contributed by atoms with van der Waals surface area (Å²) in [7, 11) is 0. The summed E-state index contributed by atoms with van der Waals surface area (Å²) < 4.78 is 0. The van der Waals surface area contributed by atoms with Gasteiger partial charge in [-0.25, -0.2) is 0 Å². The van der Waals surface area contributed by atoms with E-state index in [9.17, 15) is 14.9 Å². The van der Waals surface area contributed by atoms with Crippen LogP contribution in [0.4, 0.5) is 17.1 Å². The van der Waals surface area contributed by atoms with Gasteiger partial charge in [0.2, 0.25) is 5.91 Å². The van der Waals surface area contributed by atoms with Crippen LogP contribution < -0.4 is 11.1 Å². The van der Waals surface area contributed by atoms with E-state index in [0.717, 1.165) is 4.90 Å². The van der Waals surface area contributed by atoms with Crippen LogP contribution in [0, 0.1) is 17.0 Å². The predicted molar refractivity (Wildman–Crippen MR) is 88.0 cm³/mol. The number of hydrogen-bond donors (Lipinski definition) is 2. The number of nitrogen functional groups attached to an aromatic ring is 1. The molecule has 0 radical (unpaired) electrons. The molecule has 0 atom stereocenters. The molecule has 6 nitrogen and oxygen atoms in total. The third-order valence-corrected chi connectivity index (χ3v) is 4.06. The van der Waals surface area contributed by atoms with E-state index in [4.69, 9.17) is 5.73 Å². The molecule has 2 aromatic rings. The Morgan fingerprint density at radius 1 is 1.32 bits per heavy atom. The minimum absolute atomic E-state index is 0.0160. The zero-order chi connectivity index (χ0) is 16.1. The maximum Gasteiger partial charge on any atom is 0.274 e. The number of carbonyl (C=O) groups is 1. The Balaban J connectivity index is 1.99. The van der Waals surface area contributed by atoms with E-state index in [-0.39, 0.29) is 17.3 Å². The van der Waals surface area contributed by atoms with E-state index in [1.54, 1.807) is 25.1 Å². The highest BCUT2D eigenvalue weighted by Gasteiger charge is 2.12. The molecule has 0 unspecified atom stereocenters. The molecule has 114 valence electrons. The van der Waals surface area contributed by atoms with Crippen molar-refractivity contribution in [2.75, 3.05) is 16.8 Å². The molecule has 0 bridgehead atoms. The largest absolute Gasteiger partial charge is 0.398 e. The van der Waals surface area contributed by atoms with E-state index < -0.39 is 4.92 Å². The van der Waals surface area contributed by atoms with Gasteiger partial charge < -0.3 is 11.1 Å². The van der Waals surface area contributed by atoms with E-state index in [0.29, 0.717) is 16.9 Å². The lowest BCUT2D eigenvalue weighted by molar-refractivity contribution is -0.385. The van der Waals surface area contributed by atoms with Crippen molar-refractivity contribution in [3.05, 3.63) is 58.1 Å². The monoisotopic (exact) mass is 317 g/mol. The third-order valence-electron chi connectivity index (χ3n) is 2.97. The molecule has 0 heterocycles. The molecule has 2 aromatic carbocycles. The Morgan fingerprint density at radius 2 is 2.05 bits per heavy atom. The number of nitro groups is 1. The SMILES string of the molecule is Cc1ccc(NC(=O)CSc2ccccc2N)cc1[N+](=O)[O-]. The standard InChI is InChI=1S/C15H15N3O3S/c1-10-6-7-11(8-13(10)18(20)21)17-15(19)9-22-14-5-3-2-4-12(14)16/h2-8H,9,16H2,1H3,(H,17,19). The first-order valence-electron chi connectivity index (χ1n) is 6.49. The second kappa shape index (κ2) is 6.95. The fraction of sp³-hybridized carbons (Fsp3) is 0.133. The van der Waals surface area contributed by atoms with Gasteiger partial charge in [0.05, 0.1) is 10.7 Å². The average Bonchev–Trinajstić information content (AvgIpc) is 2.48. The molecular formula is C15H15N3O3S. The summed E-state index contributed by atoms with van der Waals surface area (Å²) in [5.41, 5.74) is 7.36. The van der Waals surface area contributed by atoms with Gasteiger partial charge in [0.1, 0.15) is 0 Å². The molecule has 0 aliphatic carbocycles. The van der Waals surface area contributed by atoms with Crippen LogP contribution in [-0.2, 0) is 4.79 Å². The van der Waals surface area contributed by atoms with Crippen LogP contribution in [0.3, 0.4) is 0 Å². The molecule has 3 N–H and O–H groups in total. The number of thioether (sulfide) groups is 1. The summed E-state index contributed by atoms with van der Waals surface area (Å²) in [5.74, 6) is -0.0676. The van der Waals surface area contributed by atoms with Gasteiger partial charge >= 0.3 is 0 Å². The summed E-state index contributed by atoms with van der Waals surface area (Å²) in [5, 5.41) is 13.5. The summed E-state index contributed by atoms with van der Waals surface area (Å²) >= 11 is 1.32. The smallest absolute Gasteiger partial charge is 0.274 e. The highest BCUT2D eigenvalue weighted by molar-refractivity contribution is 8.00. The summed E-state index contributed by atoms with van der Waals surface area (Å²) in [6, 6.07) is 11.9. The maximum atomic E-state index is 11.9. The van der Waals surface area contributed by atoms with Crippen molar-refractivity contribution in [3.63, 3.8) is 0 Å². The van der Waals surface area contributed by atoms with Crippen LogP contribution in [0.2, 0.25) is 0 Å². The molecule has 0 saturated carbocycles. The fourth-order valence-electron chi connectivity index (χ4n) is 1.84. The van der Waals surface area contributed by atoms with Crippen molar-refractivity contribution in [3.8, 4) is 0 Å². The van der Waals surface area contributed by atoms with E-state index in [1.807, 2.05) is 18.2 Å². The minimum Gasteiger partial charge on any atom is -0.398 e. The number of nitrogens with zero attached hydrogens (tertiary/aromatic N) is 1. The summed E-state index contributed by atoms with van der Waals surface area (Å²) in [6.45, 7) is 1.65. The third kappa shape index (κ3) is 3.98. The first-order chi connectivity index (χ1) is 10.5. The number of para-hydroxylation sites is 1. The highest BCUT2D eigenvalue weighted by atomic mass is 32.2. The Bertz CT molecular complexity index is 719. The number of benzene rings is 2. The predicted octanol–water partition coefficient (Wildman–Crippen LogP) is 3.22. The van der Waals surface area contributed by atoms with Gasteiger partial charge in [0.15, 0.2) is 0 Å². The van der Waals surface area contributed by atoms with Crippen molar-refractivity contribution in [1.82, 2.24) is 0 Å². The zero-order valence-corrected chi connectivity index (χ0v) is 12.7. The molecule has 0 fully saturated rings. The van der Waals surface area contributed by atoms with Crippen LogP contribution in [0.25, 0.3) is 0 Å². The van der Waals surface area contributed by atoms with Gasteiger partial charge in [0.25, 0.3) is 5.69 Å². The van der Waals surface area contributed by atoms with Crippen molar-refractivity contribution in [2.24, 2.45) is 0 Å². The quantitative estimate of drug-likeness (QED) is 0.382. The number of hydrogen-bond acceptors (Lipinski definition) is 5. The molecule has 22 heavy (non-hydrogen) atoms. The van der Waals surface area contributed by atoms with Crippen LogP contribution in [0.15, 0.2) is 47.4 Å². The van der Waals surface area contributed by atoms with Crippen molar-refractivity contribution < 1.29 is 9.72 Å². The molecular weight excluding hydrogens is 302 g/mol. The molecule has 0 aromatic heterocycles. The number of aryl methyl sites for hydroxylation is 1. The van der Waals surface area contributed by atoms with Gasteiger partial charge in [-0.2, -0.15) is 0 Å². The summed E-state index contributed by atoms with van der Waals surface area (Å²) in [6.07, 6.45) is 0. The number of nitro benzene ring substituents is 1. The Hall–Kier alpha value is -2.54. The first kappa shape index (κ1) is 15.8. The normalized spacial score (nSPS) is 10.2. The number of rotatable bonds is 5. The lowest BCUT2D eigenvalue weighted by Crippen LogP contribution is -2.14. The molecule has 1 amide bonds. The number of anilines is 2. The second-order valence-electron chi connectivity index (χ2n) is 4.63. The van der Waals surface area contributed by atoms with Gasteiger partial charge in [-0.3, -0.25) is 14.9 Å². The van der Waals surface area contributed by atoms with Crippen LogP contribution in [0.1, 0.15) is 5.56 Å². The van der Waals surface area contributed by atoms with Crippen LogP contribution in [0.5, 0.6) is 0 Å². The first-order valence-corrected chi connectivity index (χ1v) is 7.48.